The van der Waals surface area contributed by atoms with Crippen LogP contribution in [0.1, 0.15) is 22.3 Å². The van der Waals surface area contributed by atoms with Gasteiger partial charge in [-0.2, -0.15) is 0 Å². The molecule has 1 aliphatic heterocycles. The lowest BCUT2D eigenvalue weighted by Crippen LogP contribution is -2.09. The number of aromatic carboxylic acids is 1. The van der Waals surface area contributed by atoms with Gasteiger partial charge in [0.05, 0.1) is 6.61 Å². The summed E-state index contributed by atoms with van der Waals surface area (Å²) in [6.45, 7) is 0.659. The van der Waals surface area contributed by atoms with Crippen LogP contribution in [-0.4, -0.2) is 17.7 Å². The third kappa shape index (κ3) is 1.25. The number of thiophene rings is 1. The number of nitrogens with two attached hydrogens (primary N) is 1. The molecule has 0 radical (unpaired) electrons. The van der Waals surface area contributed by atoms with Crippen LogP contribution in [0.3, 0.4) is 0 Å². The Kier molecular flexibility index (Phi) is 1.88. The first-order chi connectivity index (χ1) is 6.20. The van der Waals surface area contributed by atoms with E-state index in [1.165, 1.54) is 11.3 Å². The van der Waals surface area contributed by atoms with Gasteiger partial charge >= 0.3 is 5.97 Å². The molecule has 2 heterocycles. The second-order valence-electron chi connectivity index (χ2n) is 2.86. The van der Waals surface area contributed by atoms with Crippen LogP contribution >= 0.6 is 11.3 Å². The van der Waals surface area contributed by atoms with Crippen LogP contribution < -0.4 is 10.5 Å². The molecule has 0 aromatic carbocycles. The fourth-order valence-corrected chi connectivity index (χ4v) is 2.44. The molecule has 0 bridgehead atoms. The molecule has 0 spiro atoms. The predicted molar refractivity (Wildman–Crippen MR) is 49.5 cm³/mol. The van der Waals surface area contributed by atoms with Crippen LogP contribution in [0.4, 0.5) is 5.00 Å². The van der Waals surface area contributed by atoms with Gasteiger partial charge in [-0.3, -0.25) is 0 Å². The van der Waals surface area contributed by atoms with Gasteiger partial charge in [-0.1, -0.05) is 11.3 Å². The lowest BCUT2D eigenvalue weighted by atomic mass is 10.1. The number of carboxylic acids is 1. The Balaban J connectivity index is 2.54. The summed E-state index contributed by atoms with van der Waals surface area (Å²) >= 11 is 1.22. The number of nitrogen functional groups attached to an aromatic ring is 1. The van der Waals surface area contributed by atoms with Crippen molar-refractivity contribution in [1.82, 2.24) is 0 Å². The number of carboxylic acid groups (broad SMARTS) is 1. The first kappa shape index (κ1) is 8.37. The highest BCUT2D eigenvalue weighted by molar-refractivity contribution is 7.18. The fraction of sp³-hybridized carbons (Fsp3) is 0.375. The van der Waals surface area contributed by atoms with Crippen molar-refractivity contribution in [3.05, 3.63) is 11.1 Å². The van der Waals surface area contributed by atoms with Gasteiger partial charge < -0.3 is 15.6 Å². The van der Waals surface area contributed by atoms with E-state index in [0.717, 1.165) is 18.4 Å². The van der Waals surface area contributed by atoms with Gasteiger partial charge in [-0.15, -0.1) is 0 Å². The first-order valence-electron chi connectivity index (χ1n) is 3.97. The zero-order valence-electron chi connectivity index (χ0n) is 6.87. The largest absolute Gasteiger partial charge is 0.484 e. The highest BCUT2D eigenvalue weighted by Crippen LogP contribution is 2.40. The van der Waals surface area contributed by atoms with E-state index in [9.17, 15) is 4.79 Å². The Hall–Kier alpha value is -1.23. The van der Waals surface area contributed by atoms with Gasteiger partial charge in [0.25, 0.3) is 0 Å². The Morgan fingerprint density at radius 1 is 1.62 bits per heavy atom. The highest BCUT2D eigenvalue weighted by Gasteiger charge is 2.24. The molecule has 2 rings (SSSR count). The second kappa shape index (κ2) is 2.92. The maximum absolute atomic E-state index is 10.8. The van der Waals surface area contributed by atoms with Gasteiger partial charge in [0.15, 0.2) is 5.06 Å². The van der Waals surface area contributed by atoms with Crippen molar-refractivity contribution in [3.63, 3.8) is 0 Å². The maximum atomic E-state index is 10.8. The van der Waals surface area contributed by atoms with Crippen LogP contribution in [0.15, 0.2) is 0 Å². The molecule has 0 unspecified atom stereocenters. The van der Waals surface area contributed by atoms with Crippen LogP contribution in [0, 0.1) is 0 Å². The van der Waals surface area contributed by atoms with Gasteiger partial charge in [0.2, 0.25) is 0 Å². The molecule has 0 fully saturated rings. The molecule has 70 valence electrons. The van der Waals surface area contributed by atoms with Crippen LogP contribution in [0.2, 0.25) is 0 Å². The van der Waals surface area contributed by atoms with Crippen LogP contribution in [0.5, 0.6) is 5.06 Å². The molecule has 0 saturated carbocycles. The van der Waals surface area contributed by atoms with Crippen molar-refractivity contribution in [3.8, 4) is 5.06 Å². The Morgan fingerprint density at radius 2 is 2.38 bits per heavy atom. The molecule has 0 atom stereocenters. The third-order valence-electron chi connectivity index (χ3n) is 2.02. The highest BCUT2D eigenvalue weighted by atomic mass is 32.1. The molecular formula is C8H9NO3S. The average Bonchev–Trinajstić information content (AvgIpc) is 2.39. The van der Waals surface area contributed by atoms with E-state index in [4.69, 9.17) is 15.6 Å². The summed E-state index contributed by atoms with van der Waals surface area (Å²) in [5.74, 6) is -0.958. The summed E-state index contributed by atoms with van der Waals surface area (Å²) in [4.78, 5) is 10.8. The van der Waals surface area contributed by atoms with E-state index in [1.807, 2.05) is 0 Å². The van der Waals surface area contributed by atoms with Crippen LogP contribution in [0.25, 0.3) is 0 Å². The summed E-state index contributed by atoms with van der Waals surface area (Å²) in [7, 11) is 0. The Bertz CT molecular complexity index is 359. The average molecular weight is 199 g/mol. The third-order valence-corrected chi connectivity index (χ3v) is 2.99. The fourth-order valence-electron chi connectivity index (χ4n) is 1.46. The normalized spacial score (nSPS) is 14.8. The SMILES string of the molecule is Nc1sc2c(c1C(=O)O)CCCO2. The van der Waals surface area contributed by atoms with Crippen molar-refractivity contribution in [2.75, 3.05) is 12.3 Å². The quantitative estimate of drug-likeness (QED) is 0.716. The molecule has 1 aromatic heterocycles. The number of hydrogen-bond acceptors (Lipinski definition) is 4. The molecule has 4 nitrogen and oxygen atoms in total. The van der Waals surface area contributed by atoms with Crippen molar-refractivity contribution < 1.29 is 14.6 Å². The smallest absolute Gasteiger partial charge is 0.339 e. The monoisotopic (exact) mass is 199 g/mol. The molecular weight excluding hydrogens is 190 g/mol. The number of hydrogen-bond donors (Lipinski definition) is 2. The number of carbonyl (C=O) groups is 1. The molecule has 0 amide bonds. The van der Waals surface area contributed by atoms with Crippen molar-refractivity contribution in [2.45, 2.75) is 12.8 Å². The lowest BCUT2D eigenvalue weighted by molar-refractivity contribution is 0.0696. The van der Waals surface area contributed by atoms with Crippen molar-refractivity contribution in [1.29, 1.82) is 0 Å². The summed E-state index contributed by atoms with van der Waals surface area (Å²) in [5.41, 5.74) is 6.58. The number of rotatable bonds is 1. The van der Waals surface area contributed by atoms with Crippen LogP contribution in [-0.2, 0) is 6.42 Å². The zero-order chi connectivity index (χ0) is 9.42. The molecule has 1 aromatic rings. The van der Waals surface area contributed by atoms with E-state index in [2.05, 4.69) is 0 Å². The Morgan fingerprint density at radius 3 is 3.08 bits per heavy atom. The number of fused-ring (bicyclic) bond motifs is 1. The van der Waals surface area contributed by atoms with E-state index in [0.29, 0.717) is 16.7 Å². The summed E-state index contributed by atoms with van der Waals surface area (Å²) in [6, 6.07) is 0. The molecule has 0 saturated heterocycles. The van der Waals surface area contributed by atoms with Gasteiger partial charge in [-0.25, -0.2) is 4.79 Å². The summed E-state index contributed by atoms with van der Waals surface area (Å²) in [6.07, 6.45) is 1.62. The zero-order valence-corrected chi connectivity index (χ0v) is 7.69. The first-order valence-corrected chi connectivity index (χ1v) is 4.79. The maximum Gasteiger partial charge on any atom is 0.339 e. The molecule has 0 aliphatic carbocycles. The van der Waals surface area contributed by atoms with E-state index >= 15 is 0 Å². The topological polar surface area (TPSA) is 72.6 Å². The Labute approximate surface area is 78.9 Å². The minimum absolute atomic E-state index is 0.236. The van der Waals surface area contributed by atoms with E-state index in [1.54, 1.807) is 0 Å². The van der Waals surface area contributed by atoms with Gasteiger partial charge in [0.1, 0.15) is 10.6 Å². The standard InChI is InChI=1S/C8H9NO3S/c9-6-5(7(10)11)4-2-1-3-12-8(4)13-6/h1-3,9H2,(H,10,11). The molecule has 1 aliphatic rings. The number of ether oxygens (including phenoxy) is 1. The number of anilines is 1. The summed E-state index contributed by atoms with van der Waals surface area (Å²) in [5, 5.41) is 9.91. The summed E-state index contributed by atoms with van der Waals surface area (Å²) < 4.78 is 5.31. The molecule has 5 heteroatoms. The van der Waals surface area contributed by atoms with Gasteiger partial charge in [-0.05, 0) is 12.8 Å². The minimum atomic E-state index is -0.958. The second-order valence-corrected chi connectivity index (χ2v) is 3.88. The molecule has 3 N–H and O–H groups in total. The van der Waals surface area contributed by atoms with Crippen molar-refractivity contribution in [2.24, 2.45) is 0 Å². The molecule has 13 heavy (non-hydrogen) atoms. The predicted octanol–water partition coefficient (Wildman–Crippen LogP) is 1.35. The van der Waals surface area contributed by atoms with Gasteiger partial charge in [0, 0.05) is 5.56 Å². The van der Waals surface area contributed by atoms with Crippen molar-refractivity contribution >= 4 is 22.3 Å². The van der Waals surface area contributed by atoms with E-state index in [-0.39, 0.29) is 5.56 Å². The minimum Gasteiger partial charge on any atom is -0.484 e. The lowest BCUT2D eigenvalue weighted by Gasteiger charge is -2.12. The van der Waals surface area contributed by atoms with E-state index < -0.39 is 5.97 Å².